The molecule has 6 nitrogen and oxygen atoms in total. The number of ether oxygens (including phenoxy) is 1. The molecule has 2 heterocycles. The highest BCUT2D eigenvalue weighted by Gasteiger charge is 2.20. The zero-order valence-corrected chi connectivity index (χ0v) is 14.4. The molecule has 0 saturated carbocycles. The van der Waals surface area contributed by atoms with Gasteiger partial charge in [-0.3, -0.25) is 14.3 Å². The molecule has 6 heteroatoms. The zero-order chi connectivity index (χ0) is 18.3. The minimum atomic E-state index is -0.454. The van der Waals surface area contributed by atoms with E-state index in [9.17, 15) is 9.59 Å². The van der Waals surface area contributed by atoms with E-state index in [0.717, 1.165) is 28.1 Å². The second-order valence-corrected chi connectivity index (χ2v) is 6.01. The van der Waals surface area contributed by atoms with Gasteiger partial charge in [0, 0.05) is 12.6 Å². The average Bonchev–Trinajstić information content (AvgIpc) is 3.08. The number of fused-ring (bicyclic) bond motifs is 1. The molecule has 26 heavy (non-hydrogen) atoms. The van der Waals surface area contributed by atoms with Gasteiger partial charge >= 0.3 is 5.69 Å². The summed E-state index contributed by atoms with van der Waals surface area (Å²) in [6.07, 6.45) is 0. The Morgan fingerprint density at radius 3 is 2.23 bits per heavy atom. The maximum atomic E-state index is 12.6. The molecular weight excluding hydrogens is 330 g/mol. The Kier molecular flexibility index (Phi) is 3.73. The minimum absolute atomic E-state index is 0.410. The van der Waals surface area contributed by atoms with Crippen molar-refractivity contribution >= 4 is 11.0 Å². The predicted octanol–water partition coefficient (Wildman–Crippen LogP) is 2.90. The van der Waals surface area contributed by atoms with E-state index in [0.29, 0.717) is 11.0 Å². The highest BCUT2D eigenvalue weighted by molar-refractivity contribution is 6.02. The Bertz CT molecular complexity index is 1200. The third-order valence-corrected chi connectivity index (χ3v) is 4.51. The third-order valence-electron chi connectivity index (χ3n) is 4.51. The topological polar surface area (TPSA) is 79.9 Å². The number of nitrogens with one attached hydrogen (secondary N) is 2. The van der Waals surface area contributed by atoms with E-state index in [1.165, 1.54) is 4.57 Å². The van der Waals surface area contributed by atoms with Crippen molar-refractivity contribution in [3.8, 4) is 28.1 Å². The number of aryl methyl sites for hydroxylation is 1. The third kappa shape index (κ3) is 2.43. The van der Waals surface area contributed by atoms with Crippen molar-refractivity contribution in [2.24, 2.45) is 7.05 Å². The maximum Gasteiger partial charge on any atom is 0.329 e. The van der Waals surface area contributed by atoms with Crippen molar-refractivity contribution in [1.29, 1.82) is 0 Å². The van der Waals surface area contributed by atoms with Crippen LogP contribution in [-0.2, 0) is 7.05 Å². The highest BCUT2D eigenvalue weighted by atomic mass is 16.5. The summed E-state index contributed by atoms with van der Waals surface area (Å²) in [6, 6.07) is 17.2. The summed E-state index contributed by atoms with van der Waals surface area (Å²) in [7, 11) is 3.24. The SMILES string of the molecule is COc1ccc(-c2c(-c3ccccc3)[nH]c3c2c(=O)[nH]c(=O)n3C)cc1. The predicted molar refractivity (Wildman–Crippen MR) is 102 cm³/mol. The molecule has 0 amide bonds. The van der Waals surface area contributed by atoms with E-state index in [2.05, 4.69) is 9.97 Å². The maximum absolute atomic E-state index is 12.6. The average molecular weight is 347 g/mol. The van der Waals surface area contributed by atoms with Gasteiger partial charge in [-0.2, -0.15) is 0 Å². The molecule has 0 aliphatic carbocycles. The van der Waals surface area contributed by atoms with E-state index in [1.54, 1.807) is 14.2 Å². The highest BCUT2D eigenvalue weighted by Crippen LogP contribution is 2.36. The summed E-state index contributed by atoms with van der Waals surface area (Å²) in [4.78, 5) is 30.3. The first-order valence-corrected chi connectivity index (χ1v) is 8.15. The number of benzene rings is 2. The lowest BCUT2D eigenvalue weighted by Crippen LogP contribution is -2.28. The standard InChI is InChI=1S/C20H17N3O3/c1-23-18-16(19(24)22-20(23)25)15(12-8-10-14(26-2)11-9-12)17(21-18)13-6-4-3-5-7-13/h3-11,21H,1-2H3,(H,22,24,25). The van der Waals surface area contributed by atoms with Crippen LogP contribution in [0.5, 0.6) is 5.75 Å². The first kappa shape index (κ1) is 16.0. The lowest BCUT2D eigenvalue weighted by Gasteiger charge is -2.06. The van der Waals surface area contributed by atoms with Crippen LogP contribution in [-0.4, -0.2) is 21.6 Å². The summed E-state index contributed by atoms with van der Waals surface area (Å²) in [5.41, 5.74) is 2.96. The Labute approximate surface area is 148 Å². The normalized spacial score (nSPS) is 11.0. The molecular formula is C20H17N3O3. The number of hydrogen-bond donors (Lipinski definition) is 2. The van der Waals surface area contributed by atoms with Crippen LogP contribution in [0.25, 0.3) is 33.4 Å². The zero-order valence-electron chi connectivity index (χ0n) is 14.4. The first-order valence-electron chi connectivity index (χ1n) is 8.15. The number of aromatic amines is 2. The van der Waals surface area contributed by atoms with Crippen LogP contribution in [0, 0.1) is 0 Å². The van der Waals surface area contributed by atoms with Crippen LogP contribution in [0.3, 0.4) is 0 Å². The van der Waals surface area contributed by atoms with Crippen molar-refractivity contribution in [3.05, 3.63) is 75.4 Å². The molecule has 0 bridgehead atoms. The summed E-state index contributed by atoms with van der Waals surface area (Å²) in [6.45, 7) is 0. The molecule has 4 aromatic rings. The lowest BCUT2D eigenvalue weighted by atomic mass is 9.99. The Hall–Kier alpha value is -3.54. The molecule has 4 rings (SSSR count). The summed E-state index contributed by atoms with van der Waals surface area (Å²) < 4.78 is 6.64. The van der Waals surface area contributed by atoms with Gasteiger partial charge in [-0.25, -0.2) is 4.79 Å². The fourth-order valence-electron chi connectivity index (χ4n) is 3.17. The number of hydrogen-bond acceptors (Lipinski definition) is 3. The Morgan fingerprint density at radius 2 is 1.58 bits per heavy atom. The molecule has 0 aliphatic rings. The minimum Gasteiger partial charge on any atom is -0.497 e. The number of methoxy groups -OCH3 is 1. The van der Waals surface area contributed by atoms with Gasteiger partial charge in [-0.15, -0.1) is 0 Å². The van der Waals surface area contributed by atoms with Crippen molar-refractivity contribution in [1.82, 2.24) is 14.5 Å². The van der Waals surface area contributed by atoms with E-state index >= 15 is 0 Å². The fourth-order valence-corrected chi connectivity index (χ4v) is 3.17. The van der Waals surface area contributed by atoms with Crippen LogP contribution < -0.4 is 16.0 Å². The van der Waals surface area contributed by atoms with Crippen LogP contribution in [0.15, 0.2) is 64.2 Å². The first-order chi connectivity index (χ1) is 12.6. The summed E-state index contributed by atoms with van der Waals surface area (Å²) >= 11 is 0. The summed E-state index contributed by atoms with van der Waals surface area (Å²) in [5, 5.41) is 0.455. The molecule has 0 fully saturated rings. The molecule has 0 spiro atoms. The van der Waals surface area contributed by atoms with Crippen molar-refractivity contribution < 1.29 is 4.74 Å². The van der Waals surface area contributed by atoms with Gasteiger partial charge in [0.05, 0.1) is 18.2 Å². The summed E-state index contributed by atoms with van der Waals surface area (Å²) in [5.74, 6) is 0.733. The second-order valence-electron chi connectivity index (χ2n) is 6.01. The van der Waals surface area contributed by atoms with E-state index in [-0.39, 0.29) is 0 Å². The number of nitrogens with zero attached hydrogens (tertiary/aromatic N) is 1. The molecule has 2 N–H and O–H groups in total. The van der Waals surface area contributed by atoms with Gasteiger partial charge in [0.1, 0.15) is 11.4 Å². The van der Waals surface area contributed by atoms with Crippen molar-refractivity contribution in [2.45, 2.75) is 0 Å². The van der Waals surface area contributed by atoms with Gasteiger partial charge in [-0.05, 0) is 23.3 Å². The molecule has 0 aliphatic heterocycles. The van der Waals surface area contributed by atoms with Crippen molar-refractivity contribution in [3.63, 3.8) is 0 Å². The monoisotopic (exact) mass is 347 g/mol. The van der Waals surface area contributed by atoms with E-state index in [4.69, 9.17) is 4.74 Å². The largest absolute Gasteiger partial charge is 0.497 e. The van der Waals surface area contributed by atoms with Gasteiger partial charge in [-0.1, -0.05) is 42.5 Å². The molecule has 130 valence electrons. The van der Waals surface area contributed by atoms with Gasteiger partial charge in [0.2, 0.25) is 0 Å². The number of rotatable bonds is 3. The number of aromatic nitrogens is 3. The Morgan fingerprint density at radius 1 is 0.885 bits per heavy atom. The molecule has 2 aromatic carbocycles. The van der Waals surface area contributed by atoms with Crippen molar-refractivity contribution in [2.75, 3.05) is 7.11 Å². The molecule has 0 atom stereocenters. The molecule has 2 aromatic heterocycles. The van der Waals surface area contributed by atoms with Gasteiger partial charge in [0.15, 0.2) is 0 Å². The second kappa shape index (κ2) is 6.07. The van der Waals surface area contributed by atoms with E-state index in [1.807, 2.05) is 54.6 Å². The number of H-pyrrole nitrogens is 2. The van der Waals surface area contributed by atoms with Gasteiger partial charge < -0.3 is 9.72 Å². The van der Waals surface area contributed by atoms with Crippen LogP contribution in [0.1, 0.15) is 0 Å². The molecule has 0 radical (unpaired) electrons. The quantitative estimate of drug-likeness (QED) is 0.598. The van der Waals surface area contributed by atoms with E-state index < -0.39 is 11.2 Å². The Balaban J connectivity index is 2.13. The van der Waals surface area contributed by atoms with Crippen LogP contribution in [0.4, 0.5) is 0 Å². The fraction of sp³-hybridized carbons (Fsp3) is 0.100. The van der Waals surface area contributed by atoms with Crippen LogP contribution in [0.2, 0.25) is 0 Å². The smallest absolute Gasteiger partial charge is 0.329 e. The van der Waals surface area contributed by atoms with Crippen LogP contribution >= 0.6 is 0 Å². The molecule has 0 unspecified atom stereocenters. The van der Waals surface area contributed by atoms with Gasteiger partial charge in [0.25, 0.3) is 5.56 Å². The molecule has 0 saturated heterocycles. The lowest BCUT2D eigenvalue weighted by molar-refractivity contribution is 0.415.